The summed E-state index contributed by atoms with van der Waals surface area (Å²) in [4.78, 5) is 38.0. The summed E-state index contributed by atoms with van der Waals surface area (Å²) in [6.07, 6.45) is 1.68. The van der Waals surface area contributed by atoms with Gasteiger partial charge in [0, 0.05) is 24.7 Å². The number of aliphatic hydroxyl groups is 2. The fourth-order valence-electron chi connectivity index (χ4n) is 2.76. The molecule has 140 valence electrons. The lowest BCUT2D eigenvalue weighted by Crippen LogP contribution is -2.36. The van der Waals surface area contributed by atoms with E-state index in [4.69, 9.17) is 9.84 Å². The highest BCUT2D eigenvalue weighted by Gasteiger charge is 2.35. The molecular weight excluding hydrogens is 330 g/mol. The number of carbonyl (C=O) groups is 1. The van der Waals surface area contributed by atoms with Gasteiger partial charge in [-0.1, -0.05) is 19.8 Å². The van der Waals surface area contributed by atoms with Gasteiger partial charge in [-0.25, -0.2) is 4.79 Å². The molecule has 1 fully saturated rings. The summed E-state index contributed by atoms with van der Waals surface area (Å²) in [5.41, 5.74) is -1.17. The number of aromatic nitrogens is 2. The molecule has 0 bridgehead atoms. The average Bonchev–Trinajstić information content (AvgIpc) is 2.94. The lowest BCUT2D eigenvalue weighted by molar-refractivity contribution is -0.120. The molecule has 1 amide bonds. The van der Waals surface area contributed by atoms with Gasteiger partial charge in [0.15, 0.2) is 0 Å². The number of rotatable bonds is 8. The van der Waals surface area contributed by atoms with E-state index >= 15 is 0 Å². The molecule has 0 unspecified atom stereocenters. The number of hydrogen-bond acceptors (Lipinski definition) is 6. The van der Waals surface area contributed by atoms with E-state index in [-0.39, 0.29) is 30.9 Å². The first-order valence-corrected chi connectivity index (χ1v) is 8.51. The highest BCUT2D eigenvalue weighted by Crippen LogP contribution is 2.27. The molecule has 2 heterocycles. The molecule has 0 saturated carbocycles. The molecular formula is C16H25N3O6. The lowest BCUT2D eigenvalue weighted by Gasteiger charge is -2.15. The second-order valence-electron chi connectivity index (χ2n) is 6.17. The molecule has 3 atom stereocenters. The molecule has 4 N–H and O–H groups in total. The summed E-state index contributed by atoms with van der Waals surface area (Å²) in [7, 11) is 0. The number of aromatic amines is 1. The third kappa shape index (κ3) is 5.00. The molecule has 1 aliphatic rings. The maximum Gasteiger partial charge on any atom is 0.330 e. The maximum atomic E-state index is 12.0. The van der Waals surface area contributed by atoms with Crippen molar-refractivity contribution in [2.45, 2.75) is 57.5 Å². The summed E-state index contributed by atoms with van der Waals surface area (Å²) in [6, 6.07) is 0. The summed E-state index contributed by atoms with van der Waals surface area (Å²) < 4.78 is 6.56. The molecule has 0 spiro atoms. The van der Waals surface area contributed by atoms with Crippen molar-refractivity contribution in [3.8, 4) is 0 Å². The van der Waals surface area contributed by atoms with Crippen LogP contribution in [0.1, 0.15) is 44.4 Å². The van der Waals surface area contributed by atoms with Crippen LogP contribution in [0.2, 0.25) is 0 Å². The number of aliphatic hydroxyl groups excluding tert-OH is 2. The lowest BCUT2D eigenvalue weighted by atomic mass is 10.2. The molecule has 0 aromatic carbocycles. The zero-order valence-corrected chi connectivity index (χ0v) is 14.2. The first-order valence-electron chi connectivity index (χ1n) is 8.51. The van der Waals surface area contributed by atoms with Crippen LogP contribution in [0.4, 0.5) is 0 Å². The Balaban J connectivity index is 2.09. The van der Waals surface area contributed by atoms with Gasteiger partial charge in [0.1, 0.15) is 12.3 Å². The van der Waals surface area contributed by atoms with Gasteiger partial charge in [0.2, 0.25) is 5.91 Å². The first kappa shape index (κ1) is 19.4. The van der Waals surface area contributed by atoms with Crippen molar-refractivity contribution < 1.29 is 19.7 Å². The van der Waals surface area contributed by atoms with Gasteiger partial charge in [-0.2, -0.15) is 0 Å². The Morgan fingerprint density at radius 1 is 1.44 bits per heavy atom. The Labute approximate surface area is 144 Å². The van der Waals surface area contributed by atoms with Crippen molar-refractivity contribution in [3.63, 3.8) is 0 Å². The Kier molecular flexibility index (Phi) is 6.91. The van der Waals surface area contributed by atoms with Crippen LogP contribution < -0.4 is 16.6 Å². The topological polar surface area (TPSA) is 134 Å². The molecule has 9 nitrogen and oxygen atoms in total. The number of H-pyrrole nitrogens is 1. The third-order valence-corrected chi connectivity index (χ3v) is 4.19. The largest absolute Gasteiger partial charge is 0.394 e. The molecule has 1 saturated heterocycles. The Morgan fingerprint density at radius 2 is 2.20 bits per heavy atom. The van der Waals surface area contributed by atoms with Crippen LogP contribution in [0, 0.1) is 0 Å². The number of ether oxygens (including phenoxy) is 1. The van der Waals surface area contributed by atoms with Gasteiger partial charge in [0.25, 0.3) is 5.56 Å². The minimum Gasteiger partial charge on any atom is -0.394 e. The maximum absolute atomic E-state index is 12.0. The molecule has 1 aromatic heterocycles. The smallest absolute Gasteiger partial charge is 0.330 e. The van der Waals surface area contributed by atoms with Crippen molar-refractivity contribution in [3.05, 3.63) is 32.6 Å². The van der Waals surface area contributed by atoms with E-state index in [0.29, 0.717) is 6.54 Å². The fraction of sp³-hybridized carbons (Fsp3) is 0.688. The molecule has 1 aromatic rings. The fourth-order valence-corrected chi connectivity index (χ4v) is 2.76. The Hall–Kier alpha value is -1.97. The number of nitrogens with zero attached hydrogens (tertiary/aromatic N) is 1. The van der Waals surface area contributed by atoms with Crippen LogP contribution in [0.25, 0.3) is 0 Å². The SMILES string of the molecule is CCCCCNC(=O)Cc1cn([C@H]2C[C@H](O)[C@@H](CO)O2)c(=O)[nH]c1=O. The van der Waals surface area contributed by atoms with Gasteiger partial charge in [-0.15, -0.1) is 0 Å². The predicted octanol–water partition coefficient (Wildman–Crippen LogP) is -0.974. The number of carbonyl (C=O) groups excluding carboxylic acids is 1. The second kappa shape index (κ2) is 8.93. The summed E-state index contributed by atoms with van der Waals surface area (Å²) in [5, 5.41) is 21.6. The van der Waals surface area contributed by atoms with E-state index in [1.807, 2.05) is 0 Å². The highest BCUT2D eigenvalue weighted by atomic mass is 16.5. The van der Waals surface area contributed by atoms with Crippen LogP contribution in [0.15, 0.2) is 15.8 Å². The van der Waals surface area contributed by atoms with Crippen LogP contribution >= 0.6 is 0 Å². The minimum absolute atomic E-state index is 0.111. The van der Waals surface area contributed by atoms with Crippen LogP contribution in [-0.4, -0.2) is 51.0 Å². The van der Waals surface area contributed by atoms with E-state index in [2.05, 4.69) is 17.2 Å². The van der Waals surface area contributed by atoms with E-state index in [9.17, 15) is 19.5 Å². The molecule has 25 heavy (non-hydrogen) atoms. The van der Waals surface area contributed by atoms with Crippen molar-refractivity contribution in [1.29, 1.82) is 0 Å². The second-order valence-corrected chi connectivity index (χ2v) is 6.17. The number of hydrogen-bond donors (Lipinski definition) is 4. The van der Waals surface area contributed by atoms with Crippen molar-refractivity contribution in [2.24, 2.45) is 0 Å². The molecule has 9 heteroatoms. The van der Waals surface area contributed by atoms with Crippen molar-refractivity contribution in [2.75, 3.05) is 13.2 Å². The standard InChI is InChI=1S/C16H25N3O6/c1-2-3-4-5-17-13(22)6-10-8-19(16(24)18-15(10)23)14-7-11(21)12(9-20)25-14/h8,11-12,14,20-21H,2-7,9H2,1H3,(H,17,22)(H,18,23,24)/t11-,12+,14+/m0/s1. The Morgan fingerprint density at radius 3 is 2.84 bits per heavy atom. The van der Waals surface area contributed by atoms with Gasteiger partial charge < -0.3 is 20.3 Å². The van der Waals surface area contributed by atoms with E-state index in [1.54, 1.807) is 0 Å². The van der Waals surface area contributed by atoms with E-state index < -0.39 is 29.7 Å². The van der Waals surface area contributed by atoms with Gasteiger partial charge >= 0.3 is 5.69 Å². The normalized spacial score (nSPS) is 22.9. The number of nitrogens with one attached hydrogen (secondary N) is 2. The quantitative estimate of drug-likeness (QED) is 0.443. The van der Waals surface area contributed by atoms with E-state index in [0.717, 1.165) is 23.8 Å². The van der Waals surface area contributed by atoms with Crippen molar-refractivity contribution in [1.82, 2.24) is 14.9 Å². The van der Waals surface area contributed by atoms with E-state index in [1.165, 1.54) is 6.20 Å². The van der Waals surface area contributed by atoms with Crippen LogP contribution in [0.5, 0.6) is 0 Å². The zero-order valence-electron chi connectivity index (χ0n) is 14.2. The first-order chi connectivity index (χ1) is 12.0. The number of amides is 1. The minimum atomic E-state index is -0.904. The van der Waals surface area contributed by atoms with Gasteiger partial charge in [-0.05, 0) is 6.42 Å². The summed E-state index contributed by atoms with van der Waals surface area (Å²) in [5.74, 6) is -0.299. The van der Waals surface area contributed by atoms with Crippen LogP contribution in [-0.2, 0) is 16.0 Å². The molecule has 2 rings (SSSR count). The Bertz CT molecular complexity index is 698. The molecule has 1 aliphatic heterocycles. The van der Waals surface area contributed by atoms with Crippen LogP contribution in [0.3, 0.4) is 0 Å². The summed E-state index contributed by atoms with van der Waals surface area (Å²) in [6.45, 7) is 2.23. The van der Waals surface area contributed by atoms with Gasteiger partial charge in [0.05, 0.1) is 19.1 Å². The van der Waals surface area contributed by atoms with Crippen molar-refractivity contribution >= 4 is 5.91 Å². The third-order valence-electron chi connectivity index (χ3n) is 4.19. The molecule has 0 radical (unpaired) electrons. The average molecular weight is 355 g/mol. The monoisotopic (exact) mass is 355 g/mol. The highest BCUT2D eigenvalue weighted by molar-refractivity contribution is 5.78. The predicted molar refractivity (Wildman–Crippen MR) is 89.2 cm³/mol. The number of unbranched alkanes of at least 4 members (excludes halogenated alkanes) is 2. The molecule has 0 aliphatic carbocycles. The zero-order chi connectivity index (χ0) is 18.4. The summed E-state index contributed by atoms with van der Waals surface area (Å²) >= 11 is 0. The van der Waals surface area contributed by atoms with Gasteiger partial charge in [-0.3, -0.25) is 19.1 Å².